The first-order valence-corrected chi connectivity index (χ1v) is 13.7. The molecule has 32 heavy (non-hydrogen) atoms. The molecule has 0 amide bonds. The van der Waals surface area contributed by atoms with E-state index in [4.69, 9.17) is 0 Å². The molecule has 6 nitrogen and oxygen atoms in total. The number of nitrogens with one attached hydrogen (secondary N) is 1. The van der Waals surface area contributed by atoms with Gasteiger partial charge in [-0.05, 0) is 32.1 Å². The first kappa shape index (κ1) is 33.6. The van der Waals surface area contributed by atoms with E-state index in [0.29, 0.717) is 0 Å². The highest BCUT2D eigenvalue weighted by molar-refractivity contribution is 8.05. The monoisotopic (exact) mass is 523 g/mol. The van der Waals surface area contributed by atoms with Crippen LogP contribution in [0.4, 0.5) is 26.3 Å². The smallest absolute Gasteiger partial charge is 0.324 e. The zero-order valence-corrected chi connectivity index (χ0v) is 20.8. The van der Waals surface area contributed by atoms with Crippen LogP contribution in [0.15, 0.2) is 0 Å². The SMILES string of the molecule is CCCCCC[N+](CCC)(CCC)CCCC.O=S(=O)(NS(=O)(=O)C(F)(F)F)C(F)(F)F. The Bertz CT molecular complexity index is 660. The van der Waals surface area contributed by atoms with Crippen molar-refractivity contribution in [3.63, 3.8) is 0 Å². The molecule has 0 atom stereocenters. The van der Waals surface area contributed by atoms with Crippen LogP contribution in [0.1, 0.15) is 79.1 Å². The quantitative estimate of drug-likeness (QED) is 0.191. The lowest BCUT2D eigenvalue weighted by Crippen LogP contribution is -2.50. The molecule has 0 fully saturated rings. The van der Waals surface area contributed by atoms with Gasteiger partial charge in [0, 0.05) is 0 Å². The first-order valence-electron chi connectivity index (χ1n) is 10.7. The molecule has 0 heterocycles. The summed E-state index contributed by atoms with van der Waals surface area (Å²) < 4.78 is 110. The van der Waals surface area contributed by atoms with Gasteiger partial charge < -0.3 is 4.48 Å². The molecule has 0 saturated heterocycles. The van der Waals surface area contributed by atoms with Crippen LogP contribution in [0.25, 0.3) is 0 Å². The zero-order valence-electron chi connectivity index (χ0n) is 19.1. The average molecular weight is 524 g/mol. The molecule has 0 bridgehead atoms. The van der Waals surface area contributed by atoms with Gasteiger partial charge in [0.25, 0.3) is 0 Å². The molecule has 1 N–H and O–H groups in total. The Hall–Kier alpha value is -0.600. The summed E-state index contributed by atoms with van der Waals surface area (Å²) >= 11 is 0. The summed E-state index contributed by atoms with van der Waals surface area (Å²) in [5.41, 5.74) is -12.3. The van der Waals surface area contributed by atoms with Crippen molar-refractivity contribution in [3.8, 4) is 0 Å². The molecule has 0 spiro atoms. The first-order chi connectivity index (χ1) is 14.4. The second kappa shape index (κ2) is 14.6. The Labute approximate surface area is 188 Å². The van der Waals surface area contributed by atoms with Gasteiger partial charge >= 0.3 is 31.1 Å². The maximum absolute atomic E-state index is 11.5. The molecule has 14 heteroatoms. The van der Waals surface area contributed by atoms with Gasteiger partial charge in [0.15, 0.2) is 0 Å². The minimum Gasteiger partial charge on any atom is -0.324 e. The summed E-state index contributed by atoms with van der Waals surface area (Å²) in [6.07, 6.45) is 11.1. The van der Waals surface area contributed by atoms with Gasteiger partial charge in [0.05, 0.1) is 26.2 Å². The predicted octanol–water partition coefficient (Wildman–Crippen LogP) is 5.28. The lowest BCUT2D eigenvalue weighted by Gasteiger charge is -2.39. The summed E-state index contributed by atoms with van der Waals surface area (Å²) in [6.45, 7) is 15.0. The van der Waals surface area contributed by atoms with Crippen LogP contribution in [-0.2, 0) is 20.0 Å². The molecular formula is C18H37F6N2O4S2+. The molecule has 0 aromatic heterocycles. The Morgan fingerprint density at radius 1 is 0.562 bits per heavy atom. The van der Waals surface area contributed by atoms with Gasteiger partial charge in [0.2, 0.25) is 0 Å². The van der Waals surface area contributed by atoms with Crippen LogP contribution >= 0.6 is 0 Å². The fraction of sp³-hybridized carbons (Fsp3) is 1.00. The highest BCUT2D eigenvalue weighted by Crippen LogP contribution is 2.27. The van der Waals surface area contributed by atoms with Crippen molar-refractivity contribution in [1.29, 1.82) is 0 Å². The van der Waals surface area contributed by atoms with E-state index in [2.05, 4.69) is 27.7 Å². The Balaban J connectivity index is 0. The van der Waals surface area contributed by atoms with Gasteiger partial charge in [0.1, 0.15) is 0 Å². The number of hydrogen-bond donors (Lipinski definition) is 1. The van der Waals surface area contributed by atoms with Crippen molar-refractivity contribution in [3.05, 3.63) is 0 Å². The molecule has 0 aromatic rings. The lowest BCUT2D eigenvalue weighted by molar-refractivity contribution is -0.928. The third-order valence-electron chi connectivity index (χ3n) is 4.70. The maximum atomic E-state index is 11.5. The number of quaternary nitrogens is 1. The molecule has 0 saturated carbocycles. The van der Waals surface area contributed by atoms with Crippen molar-refractivity contribution in [2.45, 2.75) is 90.1 Å². The lowest BCUT2D eigenvalue weighted by atomic mass is 10.1. The minimum atomic E-state index is -6.60. The molecular weight excluding hydrogens is 486 g/mol. The van der Waals surface area contributed by atoms with Crippen LogP contribution in [-0.4, -0.2) is 58.5 Å². The van der Waals surface area contributed by atoms with Crippen molar-refractivity contribution in [2.75, 3.05) is 26.2 Å². The number of unbranched alkanes of at least 4 members (excludes halogenated alkanes) is 4. The summed E-state index contributed by atoms with van der Waals surface area (Å²) in [6, 6.07) is 0. The topological polar surface area (TPSA) is 80.3 Å². The fourth-order valence-corrected chi connectivity index (χ4v) is 5.14. The highest BCUT2D eigenvalue weighted by atomic mass is 32.3. The van der Waals surface area contributed by atoms with Crippen molar-refractivity contribution in [1.82, 2.24) is 4.13 Å². The third kappa shape index (κ3) is 12.6. The predicted molar refractivity (Wildman–Crippen MR) is 112 cm³/mol. The van der Waals surface area contributed by atoms with Crippen molar-refractivity contribution < 1.29 is 47.7 Å². The maximum Gasteiger partial charge on any atom is 0.512 e. The molecule has 0 aliphatic heterocycles. The van der Waals surface area contributed by atoms with Gasteiger partial charge in [-0.15, -0.1) is 0 Å². The second-order valence-corrected chi connectivity index (χ2v) is 11.2. The van der Waals surface area contributed by atoms with Crippen LogP contribution in [0.3, 0.4) is 0 Å². The standard InChI is InChI=1S/C16H36N.C2HF6NO4S2/c1-5-9-11-12-16-17(13-7-3,14-8-4)15-10-6-2;3-1(4,5)14(10,11)9-15(12,13)2(6,7)8/h5-16H2,1-4H3;9H/q+1;. The van der Waals surface area contributed by atoms with Gasteiger partial charge in [-0.2, -0.15) is 26.3 Å². The minimum absolute atomic E-state index is 0.493. The Morgan fingerprint density at radius 3 is 1.25 bits per heavy atom. The van der Waals surface area contributed by atoms with E-state index < -0.39 is 35.2 Å². The summed E-state index contributed by atoms with van der Waals surface area (Å²) in [7, 11) is -13.2. The van der Waals surface area contributed by atoms with E-state index in [1.54, 1.807) is 0 Å². The number of rotatable bonds is 14. The highest BCUT2D eigenvalue weighted by Gasteiger charge is 2.55. The van der Waals surface area contributed by atoms with E-state index in [-0.39, 0.29) is 0 Å². The molecule has 0 aliphatic carbocycles. The number of sulfonamides is 2. The van der Waals surface area contributed by atoms with Gasteiger partial charge in [-0.1, -0.05) is 51.1 Å². The van der Waals surface area contributed by atoms with Crippen LogP contribution in [0.2, 0.25) is 0 Å². The van der Waals surface area contributed by atoms with Gasteiger partial charge in [-0.25, -0.2) is 16.8 Å². The van der Waals surface area contributed by atoms with Crippen molar-refractivity contribution >= 4 is 20.0 Å². The number of nitrogens with zero attached hydrogens (tertiary/aromatic N) is 1. The summed E-state index contributed by atoms with van der Waals surface area (Å²) in [5, 5.41) is 0. The summed E-state index contributed by atoms with van der Waals surface area (Å²) in [4.78, 5) is 0. The molecule has 0 unspecified atom stereocenters. The molecule has 0 aliphatic rings. The Kier molecular flexibility index (Phi) is 15.3. The van der Waals surface area contributed by atoms with E-state index in [0.717, 1.165) is 0 Å². The second-order valence-electron chi connectivity index (χ2n) is 7.63. The normalized spacial score (nSPS) is 13.6. The van der Waals surface area contributed by atoms with E-state index in [9.17, 15) is 43.2 Å². The van der Waals surface area contributed by atoms with Gasteiger partial charge in [-0.3, -0.25) is 0 Å². The molecule has 0 aromatic carbocycles. The average Bonchev–Trinajstić information content (AvgIpc) is 2.62. The van der Waals surface area contributed by atoms with E-state index >= 15 is 0 Å². The third-order valence-corrected chi connectivity index (χ3v) is 7.67. The summed E-state index contributed by atoms with van der Waals surface area (Å²) in [5.74, 6) is 0. The molecule has 0 radical (unpaired) electrons. The number of hydrogen-bond acceptors (Lipinski definition) is 4. The Morgan fingerprint density at radius 2 is 0.938 bits per heavy atom. The number of halogens is 6. The van der Waals surface area contributed by atoms with Crippen LogP contribution in [0.5, 0.6) is 0 Å². The van der Waals surface area contributed by atoms with E-state index in [1.165, 1.54) is 82.0 Å². The molecule has 0 rings (SSSR count). The molecule has 196 valence electrons. The number of alkyl halides is 6. The van der Waals surface area contributed by atoms with Crippen molar-refractivity contribution in [2.24, 2.45) is 0 Å². The largest absolute Gasteiger partial charge is 0.512 e. The zero-order chi connectivity index (χ0) is 25.7. The van der Waals surface area contributed by atoms with E-state index in [1.807, 2.05) is 0 Å². The fourth-order valence-electron chi connectivity index (χ4n) is 3.23. The van der Waals surface area contributed by atoms with Crippen LogP contribution < -0.4 is 4.13 Å². The van der Waals surface area contributed by atoms with Crippen LogP contribution in [0, 0.1) is 0 Å².